The average Bonchev–Trinajstić information content (AvgIpc) is 2.53. The number of hydrogen-bond donors (Lipinski definition) is 2. The highest BCUT2D eigenvalue weighted by molar-refractivity contribution is 5.48. The largest absolute Gasteiger partial charge is 0.508 e. The number of piperidine rings is 1. The fraction of sp³-hybridized carbons (Fsp3) is 0.400. The summed E-state index contributed by atoms with van der Waals surface area (Å²) in [7, 11) is 0. The molecule has 1 heterocycles. The smallest absolute Gasteiger partial charge is 0.115 e. The van der Waals surface area contributed by atoms with Crippen molar-refractivity contribution in [3.8, 4) is 5.75 Å². The molecule has 2 heteroatoms. The summed E-state index contributed by atoms with van der Waals surface area (Å²) < 4.78 is 0. The molecule has 114 valence electrons. The van der Waals surface area contributed by atoms with Crippen LogP contribution < -0.4 is 5.32 Å². The second kappa shape index (κ2) is 4.60. The monoisotopic (exact) mass is 293 g/mol. The van der Waals surface area contributed by atoms with Crippen molar-refractivity contribution < 1.29 is 5.11 Å². The standard InChI is InChI=1S/C20H23NO/c1-14-19(2)10-11-21-20(14,16-6-4-3-5-7-16)13-15-8-9-17(22)12-18(15)19/h3-9,12,14,21-22H,10-11,13H2,1-2H3/t14-,19-,20-/m1/s1. The van der Waals surface area contributed by atoms with Crippen molar-refractivity contribution in [3.63, 3.8) is 0 Å². The van der Waals surface area contributed by atoms with Crippen LogP contribution in [0.15, 0.2) is 48.5 Å². The van der Waals surface area contributed by atoms with Gasteiger partial charge in [-0.1, -0.05) is 50.2 Å². The van der Waals surface area contributed by atoms with Crippen LogP contribution in [-0.2, 0) is 17.4 Å². The predicted octanol–water partition coefficient (Wildman–Crippen LogP) is 3.73. The summed E-state index contributed by atoms with van der Waals surface area (Å²) in [6, 6.07) is 16.8. The van der Waals surface area contributed by atoms with Gasteiger partial charge in [0.2, 0.25) is 0 Å². The maximum atomic E-state index is 9.95. The second-order valence-corrected chi connectivity index (χ2v) is 7.17. The Morgan fingerprint density at radius 3 is 2.68 bits per heavy atom. The molecule has 22 heavy (non-hydrogen) atoms. The molecule has 0 radical (unpaired) electrons. The summed E-state index contributed by atoms with van der Waals surface area (Å²) in [6.07, 6.45) is 2.10. The molecule has 2 bridgehead atoms. The highest BCUT2D eigenvalue weighted by Crippen LogP contribution is 2.54. The van der Waals surface area contributed by atoms with E-state index in [1.54, 1.807) is 0 Å². The summed E-state index contributed by atoms with van der Waals surface area (Å²) in [5.74, 6) is 0.864. The zero-order valence-corrected chi connectivity index (χ0v) is 13.3. The molecule has 0 saturated carbocycles. The molecule has 0 spiro atoms. The highest BCUT2D eigenvalue weighted by Gasteiger charge is 2.54. The number of hydrogen-bond acceptors (Lipinski definition) is 2. The van der Waals surface area contributed by atoms with E-state index < -0.39 is 0 Å². The fourth-order valence-corrected chi connectivity index (χ4v) is 4.78. The van der Waals surface area contributed by atoms with E-state index in [1.807, 2.05) is 12.1 Å². The van der Waals surface area contributed by atoms with Crippen LogP contribution in [0.5, 0.6) is 5.75 Å². The molecule has 1 fully saturated rings. The molecule has 3 atom stereocenters. The molecule has 2 N–H and O–H groups in total. The number of rotatable bonds is 1. The van der Waals surface area contributed by atoms with Crippen LogP contribution in [0.3, 0.4) is 0 Å². The van der Waals surface area contributed by atoms with Gasteiger partial charge < -0.3 is 10.4 Å². The molecular formula is C20H23NO. The van der Waals surface area contributed by atoms with E-state index in [0.29, 0.717) is 11.7 Å². The lowest BCUT2D eigenvalue weighted by Crippen LogP contribution is -2.63. The summed E-state index contributed by atoms with van der Waals surface area (Å²) in [4.78, 5) is 0. The van der Waals surface area contributed by atoms with Crippen molar-refractivity contribution in [2.75, 3.05) is 6.54 Å². The van der Waals surface area contributed by atoms with Crippen molar-refractivity contribution in [2.24, 2.45) is 5.92 Å². The van der Waals surface area contributed by atoms with Crippen molar-refractivity contribution in [3.05, 3.63) is 65.2 Å². The molecule has 2 nitrogen and oxygen atoms in total. The van der Waals surface area contributed by atoms with Gasteiger partial charge in [-0.3, -0.25) is 0 Å². The van der Waals surface area contributed by atoms with Crippen molar-refractivity contribution >= 4 is 0 Å². The first kappa shape index (κ1) is 13.8. The molecule has 4 rings (SSSR count). The number of phenolic OH excluding ortho intramolecular Hbond substituents is 1. The Morgan fingerprint density at radius 2 is 1.91 bits per heavy atom. The molecule has 2 aromatic carbocycles. The summed E-state index contributed by atoms with van der Waals surface area (Å²) in [5.41, 5.74) is 4.20. The maximum absolute atomic E-state index is 9.95. The van der Waals surface area contributed by atoms with Gasteiger partial charge in [0.15, 0.2) is 0 Å². The topological polar surface area (TPSA) is 32.3 Å². The minimum absolute atomic E-state index is 0.00175. The van der Waals surface area contributed by atoms with Gasteiger partial charge in [-0.2, -0.15) is 0 Å². The number of fused-ring (bicyclic) bond motifs is 4. The summed E-state index contributed by atoms with van der Waals surface area (Å²) in [6.45, 7) is 5.75. The van der Waals surface area contributed by atoms with Gasteiger partial charge >= 0.3 is 0 Å². The molecular weight excluding hydrogens is 270 g/mol. The van der Waals surface area contributed by atoms with E-state index in [0.717, 1.165) is 19.4 Å². The Kier molecular flexibility index (Phi) is 2.89. The van der Waals surface area contributed by atoms with Crippen LogP contribution in [0.25, 0.3) is 0 Å². The third-order valence-electron chi connectivity index (χ3n) is 6.25. The SMILES string of the molecule is C[C@@H]1[C@@]2(C)CCN[C@]1(c1ccccc1)Cc1ccc(O)cc12. The lowest BCUT2D eigenvalue weighted by Gasteiger charge is -2.58. The number of benzene rings is 2. The van der Waals surface area contributed by atoms with Gasteiger partial charge in [-0.05, 0) is 59.5 Å². The van der Waals surface area contributed by atoms with Gasteiger partial charge in [0.05, 0.1) is 5.54 Å². The zero-order chi connectivity index (χ0) is 15.4. The third kappa shape index (κ3) is 1.70. The fourth-order valence-electron chi connectivity index (χ4n) is 4.78. The first-order valence-electron chi connectivity index (χ1n) is 8.19. The van der Waals surface area contributed by atoms with Crippen molar-refractivity contribution in [1.82, 2.24) is 5.32 Å². The minimum Gasteiger partial charge on any atom is -0.508 e. The van der Waals surface area contributed by atoms with Crippen molar-refractivity contribution in [1.29, 1.82) is 0 Å². The second-order valence-electron chi connectivity index (χ2n) is 7.17. The van der Waals surface area contributed by atoms with Crippen LogP contribution in [0.4, 0.5) is 0 Å². The lowest BCUT2D eigenvalue weighted by molar-refractivity contribution is 0.0692. The van der Waals surface area contributed by atoms with E-state index in [1.165, 1.54) is 16.7 Å². The third-order valence-corrected chi connectivity index (χ3v) is 6.25. The highest BCUT2D eigenvalue weighted by atomic mass is 16.3. The summed E-state index contributed by atoms with van der Waals surface area (Å²) >= 11 is 0. The van der Waals surface area contributed by atoms with Crippen LogP contribution in [0.1, 0.15) is 37.0 Å². The molecule has 1 aliphatic heterocycles. The molecule has 2 aliphatic rings. The van der Waals surface area contributed by atoms with Crippen molar-refractivity contribution in [2.45, 2.75) is 37.6 Å². The van der Waals surface area contributed by atoms with E-state index in [4.69, 9.17) is 0 Å². The van der Waals surface area contributed by atoms with E-state index in [9.17, 15) is 5.11 Å². The normalized spacial score (nSPS) is 33.3. The van der Waals surface area contributed by atoms with Crippen LogP contribution in [0, 0.1) is 5.92 Å². The number of nitrogens with one attached hydrogen (secondary N) is 1. The van der Waals surface area contributed by atoms with Gasteiger partial charge in [0.25, 0.3) is 0 Å². The van der Waals surface area contributed by atoms with Crippen LogP contribution in [-0.4, -0.2) is 11.7 Å². The predicted molar refractivity (Wildman–Crippen MR) is 89.1 cm³/mol. The van der Waals surface area contributed by atoms with E-state index in [2.05, 4.69) is 55.6 Å². The van der Waals surface area contributed by atoms with Crippen LogP contribution >= 0.6 is 0 Å². The Balaban J connectivity index is 1.94. The Morgan fingerprint density at radius 1 is 1.14 bits per heavy atom. The number of aromatic hydroxyl groups is 1. The molecule has 2 aromatic rings. The minimum atomic E-state index is -0.00175. The molecule has 1 aliphatic carbocycles. The lowest BCUT2D eigenvalue weighted by atomic mass is 9.52. The molecule has 1 saturated heterocycles. The van der Waals surface area contributed by atoms with E-state index in [-0.39, 0.29) is 11.0 Å². The number of phenols is 1. The van der Waals surface area contributed by atoms with Gasteiger partial charge in [-0.15, -0.1) is 0 Å². The Bertz CT molecular complexity index is 711. The molecule has 0 amide bonds. The van der Waals surface area contributed by atoms with Gasteiger partial charge in [0.1, 0.15) is 5.75 Å². The zero-order valence-electron chi connectivity index (χ0n) is 13.3. The van der Waals surface area contributed by atoms with E-state index >= 15 is 0 Å². The molecule has 0 aromatic heterocycles. The van der Waals surface area contributed by atoms with Crippen LogP contribution in [0.2, 0.25) is 0 Å². The quantitative estimate of drug-likeness (QED) is 0.839. The maximum Gasteiger partial charge on any atom is 0.115 e. The van der Waals surface area contributed by atoms with Gasteiger partial charge in [0, 0.05) is 0 Å². The first-order valence-corrected chi connectivity index (χ1v) is 8.19. The average molecular weight is 293 g/mol. The first-order chi connectivity index (χ1) is 10.6. The van der Waals surface area contributed by atoms with Gasteiger partial charge in [-0.25, -0.2) is 0 Å². The summed E-state index contributed by atoms with van der Waals surface area (Å²) in [5, 5.41) is 13.8. The Hall–Kier alpha value is -1.80. The molecule has 0 unspecified atom stereocenters. The Labute approximate surface area is 132 Å².